The van der Waals surface area contributed by atoms with Gasteiger partial charge < -0.3 is 38.4 Å². The van der Waals surface area contributed by atoms with Gasteiger partial charge >= 0.3 is 18.1 Å². The normalized spacial score (nSPS) is 12.0. The molecule has 0 atom stereocenters. The molecule has 0 aromatic heterocycles. The van der Waals surface area contributed by atoms with E-state index in [9.17, 15) is 0 Å². The quantitative estimate of drug-likeness (QED) is 0.177. The molecule has 0 bridgehead atoms. The van der Waals surface area contributed by atoms with Crippen molar-refractivity contribution in [3.63, 3.8) is 0 Å². The Morgan fingerprint density at radius 2 is 0.400 bits per heavy atom. The first kappa shape index (κ1) is 12.8. The molecule has 8 N–H and O–H groups in total. The van der Waals surface area contributed by atoms with Crippen LogP contribution in [0.25, 0.3) is 0 Å². The lowest BCUT2D eigenvalue weighted by atomic mass is 15.7. The van der Waals surface area contributed by atoms with E-state index in [-0.39, 0.29) is 0 Å². The van der Waals surface area contributed by atoms with Crippen LogP contribution in [0.3, 0.4) is 0 Å². The van der Waals surface area contributed by atoms with Crippen LogP contribution in [0.1, 0.15) is 0 Å². The van der Waals surface area contributed by atoms with Gasteiger partial charge in [-0.05, 0) is 0 Å². The maximum absolute atomic E-state index is 7.33. The highest BCUT2D eigenvalue weighted by Gasteiger charge is 2.22. The first-order chi connectivity index (χ1) is 4.00. The van der Waals surface area contributed by atoms with E-state index in [2.05, 4.69) is 0 Å². The Balaban J connectivity index is 0. The molecule has 8 nitrogen and oxygen atoms in total. The predicted molar refractivity (Wildman–Crippen MR) is 29.3 cm³/mol. The van der Waals surface area contributed by atoms with Gasteiger partial charge in [-0.15, -0.1) is 0 Å². The third kappa shape index (κ3) is 31700. The summed E-state index contributed by atoms with van der Waals surface area (Å²) in [6.45, 7) is 0. The highest BCUT2D eigenvalue weighted by molar-refractivity contribution is 6.47. The van der Waals surface area contributed by atoms with Crippen molar-refractivity contribution < 1.29 is 38.4 Å². The second-order valence-corrected chi connectivity index (χ2v) is 3.60. The van der Waals surface area contributed by atoms with E-state index in [4.69, 9.17) is 38.4 Å². The van der Waals surface area contributed by atoms with Crippen LogP contribution < -0.4 is 0 Å². The van der Waals surface area contributed by atoms with Gasteiger partial charge in [0.2, 0.25) is 0 Å². The summed E-state index contributed by atoms with van der Waals surface area (Å²) in [5.74, 6) is 0. The van der Waals surface area contributed by atoms with Crippen LogP contribution in [0, 0.1) is 0 Å². The zero-order valence-corrected chi connectivity index (χ0v) is 6.58. The Kier molecular flexibility index (Phi) is 5.22. The van der Waals surface area contributed by atoms with Crippen molar-refractivity contribution in [1.29, 1.82) is 0 Å². The first-order valence-corrected chi connectivity index (χ1v) is 5.37. The summed E-state index contributed by atoms with van der Waals surface area (Å²) >= 11 is 0. The average Bonchev–Trinajstić information content (AvgIpc) is 1.12. The maximum atomic E-state index is 7.33. The van der Waals surface area contributed by atoms with Crippen molar-refractivity contribution in [1.82, 2.24) is 0 Å². The van der Waals surface area contributed by atoms with E-state index in [0.29, 0.717) is 0 Å². The lowest BCUT2D eigenvalue weighted by Gasteiger charge is -1.91. The van der Waals surface area contributed by atoms with E-state index in [1.54, 1.807) is 0 Å². The van der Waals surface area contributed by atoms with Crippen LogP contribution in [-0.4, -0.2) is 56.5 Å². The predicted octanol–water partition coefficient (Wildman–Crippen LogP) is -5.22. The van der Waals surface area contributed by atoms with Gasteiger partial charge in [0.25, 0.3) is 0 Å². The Morgan fingerprint density at radius 3 is 0.400 bits per heavy atom. The van der Waals surface area contributed by atoms with Crippen LogP contribution in [-0.2, 0) is 0 Å². The van der Waals surface area contributed by atoms with Gasteiger partial charge in [0.05, 0.1) is 0 Å². The van der Waals surface area contributed by atoms with Crippen LogP contribution in [0.4, 0.5) is 0 Å². The molecule has 0 amide bonds. The molecule has 0 radical (unpaired) electrons. The molecule has 0 saturated carbocycles. The fraction of sp³-hybridized carbons (Fsp3) is 0. The number of hydrogen-bond acceptors (Lipinski definition) is 8. The Morgan fingerprint density at radius 1 is 0.400 bits per heavy atom. The molecule has 0 aliphatic rings. The van der Waals surface area contributed by atoms with Crippen LogP contribution in [0.15, 0.2) is 0 Å². The van der Waals surface area contributed by atoms with Crippen molar-refractivity contribution in [2.45, 2.75) is 0 Å². The van der Waals surface area contributed by atoms with Crippen LogP contribution in [0.5, 0.6) is 0 Å². The first-order valence-electron chi connectivity index (χ1n) is 1.79. The largest absolute Gasteiger partial charge is 0.668 e. The van der Waals surface area contributed by atoms with E-state index >= 15 is 0 Å². The molecule has 10 heteroatoms. The van der Waals surface area contributed by atoms with Crippen LogP contribution in [0.2, 0.25) is 0 Å². The Hall–Kier alpha value is 0.114. The minimum atomic E-state index is -4.61. The summed E-state index contributed by atoms with van der Waals surface area (Å²) in [5, 5.41) is 0. The zero-order chi connectivity index (χ0) is 9.00. The van der Waals surface area contributed by atoms with Crippen molar-refractivity contribution in [3.05, 3.63) is 0 Å². The highest BCUT2D eigenvalue weighted by atomic mass is 28.4. The van der Waals surface area contributed by atoms with E-state index < -0.39 is 18.1 Å². The van der Waals surface area contributed by atoms with E-state index in [1.807, 2.05) is 0 Å². The number of rotatable bonds is 0. The van der Waals surface area contributed by atoms with E-state index in [1.165, 1.54) is 0 Å². The van der Waals surface area contributed by atoms with Gasteiger partial charge in [-0.3, -0.25) is 0 Å². The molecule has 0 aromatic carbocycles. The van der Waals surface area contributed by atoms with Crippen molar-refractivity contribution in [2.24, 2.45) is 0 Å². The minimum Gasteiger partial charge on any atom is -0.368 e. The SMILES string of the molecule is O[Si](O)(O)O.O[Si](O)(O)O. The summed E-state index contributed by atoms with van der Waals surface area (Å²) < 4.78 is 0. The summed E-state index contributed by atoms with van der Waals surface area (Å²) in [6.07, 6.45) is 0. The Bertz CT molecular complexity index is 50.2. The molecule has 64 valence electrons. The summed E-state index contributed by atoms with van der Waals surface area (Å²) in [7, 11) is -9.22. The van der Waals surface area contributed by atoms with Gasteiger partial charge in [0.1, 0.15) is 0 Å². The molecule has 0 saturated heterocycles. The summed E-state index contributed by atoms with van der Waals surface area (Å²) in [5.41, 5.74) is 0. The molecule has 0 aromatic rings. The van der Waals surface area contributed by atoms with Gasteiger partial charge in [0, 0.05) is 0 Å². The highest BCUT2D eigenvalue weighted by Crippen LogP contribution is 1.67. The van der Waals surface area contributed by atoms with E-state index in [0.717, 1.165) is 0 Å². The molecular formula is H8O8Si2. The molecule has 0 rings (SSSR count). The fourth-order valence-corrected chi connectivity index (χ4v) is 0. The van der Waals surface area contributed by atoms with Gasteiger partial charge in [-0.1, -0.05) is 0 Å². The topological polar surface area (TPSA) is 162 Å². The van der Waals surface area contributed by atoms with Crippen molar-refractivity contribution in [3.8, 4) is 0 Å². The average molecular weight is 192 g/mol. The lowest BCUT2D eigenvalue weighted by molar-refractivity contribution is 0.115. The molecule has 0 aliphatic carbocycles. The van der Waals surface area contributed by atoms with Crippen LogP contribution >= 0.6 is 0 Å². The second kappa shape index (κ2) is 4.09. The molecule has 10 heavy (non-hydrogen) atoms. The smallest absolute Gasteiger partial charge is 0.368 e. The van der Waals surface area contributed by atoms with Crippen molar-refractivity contribution >= 4 is 18.1 Å². The lowest BCUT2D eigenvalue weighted by Crippen LogP contribution is -2.33. The molecule has 0 spiro atoms. The second-order valence-electron chi connectivity index (χ2n) is 1.20. The third-order valence-electron chi connectivity index (χ3n) is 0. The maximum Gasteiger partial charge on any atom is 0.668 e. The fourth-order valence-electron chi connectivity index (χ4n) is 0. The molecule has 0 fully saturated rings. The molecular weight excluding hydrogens is 184 g/mol. The Labute approximate surface area is 57.5 Å². The third-order valence-corrected chi connectivity index (χ3v) is 0. The number of hydrogen-bond donors (Lipinski definition) is 8. The molecule has 0 unspecified atom stereocenters. The molecule has 0 aliphatic heterocycles. The monoisotopic (exact) mass is 192 g/mol. The van der Waals surface area contributed by atoms with Crippen molar-refractivity contribution in [2.75, 3.05) is 0 Å². The summed E-state index contributed by atoms with van der Waals surface area (Å²) in [4.78, 5) is 58.6. The van der Waals surface area contributed by atoms with Gasteiger partial charge in [0.15, 0.2) is 0 Å². The van der Waals surface area contributed by atoms with Gasteiger partial charge in [-0.2, -0.15) is 0 Å². The van der Waals surface area contributed by atoms with Gasteiger partial charge in [-0.25, -0.2) is 0 Å². The molecule has 0 heterocycles. The minimum absolute atomic E-state index is 4.61. The zero-order valence-electron chi connectivity index (χ0n) is 4.58. The standard InChI is InChI=1S/2H4O4Si/c2*1-5(2,3)4/h2*1-4H. The summed E-state index contributed by atoms with van der Waals surface area (Å²) in [6, 6.07) is 0.